The van der Waals surface area contributed by atoms with Crippen LogP contribution in [0.4, 0.5) is 0 Å². The number of aromatic nitrogens is 1. The number of fused-ring (bicyclic) bond motifs is 5. The summed E-state index contributed by atoms with van der Waals surface area (Å²) in [6.45, 7) is 0.383. The highest BCUT2D eigenvalue weighted by Gasteiger charge is 2.59. The van der Waals surface area contributed by atoms with Crippen molar-refractivity contribution >= 4 is 17.7 Å². The first-order valence-corrected chi connectivity index (χ1v) is 9.35. The van der Waals surface area contributed by atoms with Gasteiger partial charge >= 0.3 is 0 Å². The van der Waals surface area contributed by atoms with E-state index in [4.69, 9.17) is 0 Å². The second kappa shape index (κ2) is 5.76. The van der Waals surface area contributed by atoms with Gasteiger partial charge in [-0.05, 0) is 48.8 Å². The van der Waals surface area contributed by atoms with Crippen LogP contribution in [-0.2, 0) is 20.9 Å². The molecule has 6 heteroatoms. The van der Waals surface area contributed by atoms with E-state index in [1.807, 2.05) is 17.0 Å². The van der Waals surface area contributed by atoms with Gasteiger partial charge in [0.1, 0.15) is 6.54 Å². The van der Waals surface area contributed by atoms with Crippen molar-refractivity contribution in [1.29, 1.82) is 0 Å². The first-order valence-electron chi connectivity index (χ1n) is 9.35. The van der Waals surface area contributed by atoms with E-state index < -0.39 is 0 Å². The molecule has 0 radical (unpaired) electrons. The second-order valence-electron chi connectivity index (χ2n) is 7.87. The second-order valence-corrected chi connectivity index (χ2v) is 7.87. The number of allylic oxidation sites excluding steroid dienone is 2. The molecule has 0 spiro atoms. The van der Waals surface area contributed by atoms with Crippen LogP contribution in [0, 0.1) is 23.7 Å². The van der Waals surface area contributed by atoms with E-state index in [-0.39, 0.29) is 54.0 Å². The van der Waals surface area contributed by atoms with Crippen molar-refractivity contribution in [2.24, 2.45) is 23.7 Å². The highest BCUT2D eigenvalue weighted by molar-refractivity contribution is 6.08. The third-order valence-corrected chi connectivity index (χ3v) is 6.27. The summed E-state index contributed by atoms with van der Waals surface area (Å²) in [7, 11) is 0. The maximum absolute atomic E-state index is 12.9. The molecule has 6 nitrogen and oxygen atoms in total. The van der Waals surface area contributed by atoms with Gasteiger partial charge in [-0.3, -0.25) is 24.3 Å². The summed E-state index contributed by atoms with van der Waals surface area (Å²) < 4.78 is 0. The molecule has 1 saturated heterocycles. The van der Waals surface area contributed by atoms with Crippen LogP contribution in [0.15, 0.2) is 36.7 Å². The normalized spacial score (nSPS) is 31.6. The van der Waals surface area contributed by atoms with Crippen LogP contribution in [-0.4, -0.2) is 45.1 Å². The fraction of sp³-hybridized carbons (Fsp3) is 0.500. The van der Waals surface area contributed by atoms with Gasteiger partial charge in [0.25, 0.3) is 0 Å². The molecule has 3 aliphatic carbocycles. The topological polar surface area (TPSA) is 70.6 Å². The Morgan fingerprint density at radius 3 is 2.27 bits per heavy atom. The monoisotopic (exact) mass is 351 g/mol. The van der Waals surface area contributed by atoms with Gasteiger partial charge < -0.3 is 4.90 Å². The minimum absolute atomic E-state index is 0.119. The van der Waals surface area contributed by atoms with Gasteiger partial charge in [-0.15, -0.1) is 0 Å². The number of hydrogen-bond donors (Lipinski definition) is 0. The molecule has 2 bridgehead atoms. The van der Waals surface area contributed by atoms with Crippen molar-refractivity contribution in [3.8, 4) is 0 Å². The number of pyridine rings is 1. The summed E-state index contributed by atoms with van der Waals surface area (Å²) >= 11 is 0. The van der Waals surface area contributed by atoms with Crippen molar-refractivity contribution in [3.63, 3.8) is 0 Å². The number of rotatable bonds is 5. The molecule has 0 aromatic carbocycles. The van der Waals surface area contributed by atoms with Gasteiger partial charge in [-0.25, -0.2) is 0 Å². The van der Waals surface area contributed by atoms with Gasteiger partial charge in [0, 0.05) is 25.0 Å². The van der Waals surface area contributed by atoms with Crippen LogP contribution < -0.4 is 0 Å². The maximum Gasteiger partial charge on any atom is 0.243 e. The van der Waals surface area contributed by atoms with Crippen molar-refractivity contribution < 1.29 is 14.4 Å². The van der Waals surface area contributed by atoms with E-state index >= 15 is 0 Å². The average Bonchev–Trinajstić information content (AvgIpc) is 3.21. The lowest BCUT2D eigenvalue weighted by Gasteiger charge is -2.25. The molecular formula is C20H21N3O3. The minimum Gasteiger partial charge on any atom is -0.334 e. The summed E-state index contributed by atoms with van der Waals surface area (Å²) in [4.78, 5) is 45.5. The lowest BCUT2D eigenvalue weighted by atomic mass is 9.85. The van der Waals surface area contributed by atoms with Crippen LogP contribution in [0.2, 0.25) is 0 Å². The summed E-state index contributed by atoms with van der Waals surface area (Å²) in [5.41, 5.74) is 1.01. The number of nitrogens with zero attached hydrogens (tertiary/aromatic N) is 3. The fourth-order valence-corrected chi connectivity index (χ4v) is 4.84. The number of carbonyl (C=O) groups is 3. The molecule has 1 aliphatic heterocycles. The van der Waals surface area contributed by atoms with Crippen molar-refractivity contribution in [2.75, 3.05) is 6.54 Å². The molecule has 134 valence electrons. The molecular weight excluding hydrogens is 330 g/mol. The first kappa shape index (κ1) is 15.7. The molecule has 4 atom stereocenters. The number of amides is 3. The molecule has 3 fully saturated rings. The smallest absolute Gasteiger partial charge is 0.243 e. The van der Waals surface area contributed by atoms with Crippen molar-refractivity contribution in [1.82, 2.24) is 14.8 Å². The van der Waals surface area contributed by atoms with E-state index in [0.717, 1.165) is 24.8 Å². The fourth-order valence-electron chi connectivity index (χ4n) is 4.84. The van der Waals surface area contributed by atoms with Gasteiger partial charge in [0.05, 0.1) is 11.8 Å². The van der Waals surface area contributed by atoms with Gasteiger partial charge in [-0.2, -0.15) is 0 Å². The summed E-state index contributed by atoms with van der Waals surface area (Å²) in [5, 5.41) is 0. The molecule has 2 saturated carbocycles. The number of hydrogen-bond acceptors (Lipinski definition) is 4. The Kier molecular flexibility index (Phi) is 3.48. The molecule has 2 heterocycles. The summed E-state index contributed by atoms with van der Waals surface area (Å²) in [6.07, 6.45) is 10.4. The molecule has 26 heavy (non-hydrogen) atoms. The van der Waals surface area contributed by atoms with Crippen LogP contribution >= 0.6 is 0 Å². The molecule has 4 aliphatic rings. The van der Waals surface area contributed by atoms with E-state index in [1.54, 1.807) is 12.4 Å². The Morgan fingerprint density at radius 1 is 1.08 bits per heavy atom. The van der Waals surface area contributed by atoms with E-state index in [9.17, 15) is 14.4 Å². The number of likely N-dealkylation sites (tertiary alicyclic amines) is 1. The predicted molar refractivity (Wildman–Crippen MR) is 92.2 cm³/mol. The Hall–Kier alpha value is -2.50. The zero-order valence-electron chi connectivity index (χ0n) is 14.5. The lowest BCUT2D eigenvalue weighted by molar-refractivity contribution is -0.147. The van der Waals surface area contributed by atoms with Crippen LogP contribution in [0.25, 0.3) is 0 Å². The zero-order valence-corrected chi connectivity index (χ0v) is 14.5. The predicted octanol–water partition coefficient (Wildman–Crippen LogP) is 1.38. The molecule has 1 aromatic heterocycles. The third kappa shape index (κ3) is 2.39. The zero-order chi connectivity index (χ0) is 17.8. The third-order valence-electron chi connectivity index (χ3n) is 6.27. The molecule has 5 rings (SSSR count). The number of carbonyl (C=O) groups excluding carboxylic acids is 3. The van der Waals surface area contributed by atoms with Crippen LogP contribution in [0.1, 0.15) is 24.8 Å². The lowest BCUT2D eigenvalue weighted by Crippen LogP contribution is -2.44. The number of imide groups is 1. The molecule has 1 aromatic rings. The SMILES string of the molecule is O=C1C2C3C=CC(C3)C2C(=O)N1CC(=O)N(Cc1ccncc1)C1CC1. The summed E-state index contributed by atoms with van der Waals surface area (Å²) in [6, 6.07) is 4.01. The highest BCUT2D eigenvalue weighted by Crippen LogP contribution is 2.52. The highest BCUT2D eigenvalue weighted by atomic mass is 16.2. The quantitative estimate of drug-likeness (QED) is 0.594. The Morgan fingerprint density at radius 2 is 1.69 bits per heavy atom. The van der Waals surface area contributed by atoms with E-state index in [0.29, 0.717) is 6.54 Å². The van der Waals surface area contributed by atoms with Gasteiger partial charge in [-0.1, -0.05) is 12.2 Å². The van der Waals surface area contributed by atoms with Crippen LogP contribution in [0.3, 0.4) is 0 Å². The summed E-state index contributed by atoms with van der Waals surface area (Å²) in [5.74, 6) is -0.545. The Bertz CT molecular complexity index is 772. The Labute approximate surface area is 151 Å². The average molecular weight is 351 g/mol. The molecule has 0 N–H and O–H groups in total. The Balaban J connectivity index is 1.31. The van der Waals surface area contributed by atoms with E-state index in [2.05, 4.69) is 17.1 Å². The van der Waals surface area contributed by atoms with Crippen molar-refractivity contribution in [3.05, 3.63) is 42.2 Å². The van der Waals surface area contributed by atoms with Crippen molar-refractivity contribution in [2.45, 2.75) is 31.8 Å². The standard InChI is InChI=1S/C20H21N3O3/c24-16(22(15-3-4-15)10-12-5-7-21-8-6-12)11-23-19(25)17-13-1-2-14(9-13)18(17)20(23)26/h1-2,5-8,13-15,17-18H,3-4,9-11H2. The molecule has 3 amide bonds. The first-order chi connectivity index (χ1) is 12.6. The van der Waals surface area contributed by atoms with Gasteiger partial charge in [0.2, 0.25) is 17.7 Å². The van der Waals surface area contributed by atoms with Crippen LogP contribution in [0.5, 0.6) is 0 Å². The maximum atomic E-state index is 12.9. The largest absolute Gasteiger partial charge is 0.334 e. The van der Waals surface area contributed by atoms with E-state index in [1.165, 1.54) is 4.90 Å². The molecule has 4 unspecified atom stereocenters. The minimum atomic E-state index is -0.236. The van der Waals surface area contributed by atoms with Gasteiger partial charge in [0.15, 0.2) is 0 Å².